The summed E-state index contributed by atoms with van der Waals surface area (Å²) in [4.78, 5) is 15.0. The maximum Gasteiger partial charge on any atom is 0.164 e. The highest BCUT2D eigenvalue weighted by Gasteiger charge is 2.46. The van der Waals surface area contributed by atoms with Gasteiger partial charge in [0.1, 0.15) is 22.3 Å². The molecule has 1 aliphatic rings. The fourth-order valence-electron chi connectivity index (χ4n) is 9.92. The third-order valence-electron chi connectivity index (χ3n) is 12.9. The van der Waals surface area contributed by atoms with Crippen molar-refractivity contribution in [3.63, 3.8) is 0 Å². The molecule has 0 atom stereocenters. The maximum absolute atomic E-state index is 6.31. The van der Waals surface area contributed by atoms with Gasteiger partial charge in [-0.1, -0.05) is 176 Å². The molecule has 9 aromatic carbocycles. The van der Waals surface area contributed by atoms with Crippen LogP contribution in [0.25, 0.3) is 100 Å². The summed E-state index contributed by atoms with van der Waals surface area (Å²) in [6.07, 6.45) is 0. The molecule has 5 nitrogen and oxygen atoms in total. The van der Waals surface area contributed by atoms with E-state index in [0.717, 1.165) is 71.7 Å². The lowest BCUT2D eigenvalue weighted by atomic mass is 9.67. The number of benzene rings is 9. The number of para-hydroxylation sites is 2. The Morgan fingerprint density at radius 2 is 0.730 bits per heavy atom. The molecule has 5 heteroatoms. The number of furan rings is 2. The minimum Gasteiger partial charge on any atom is -0.456 e. The fourth-order valence-corrected chi connectivity index (χ4v) is 9.92. The van der Waals surface area contributed by atoms with Crippen molar-refractivity contribution in [3.05, 3.63) is 235 Å². The fraction of sp³-hybridized carbons (Fsp3) is 0.0172. The Morgan fingerprint density at radius 1 is 0.286 bits per heavy atom. The first-order valence-corrected chi connectivity index (χ1v) is 21.2. The van der Waals surface area contributed by atoms with Gasteiger partial charge in [-0.25, -0.2) is 15.0 Å². The number of aromatic nitrogens is 3. The van der Waals surface area contributed by atoms with Gasteiger partial charge >= 0.3 is 0 Å². The predicted octanol–water partition coefficient (Wildman–Crippen LogP) is 14.7. The molecule has 12 aromatic rings. The molecule has 0 fully saturated rings. The summed E-state index contributed by atoms with van der Waals surface area (Å²) in [5.41, 5.74) is 15.3. The van der Waals surface area contributed by atoms with E-state index in [-0.39, 0.29) is 0 Å². The molecule has 63 heavy (non-hydrogen) atoms. The van der Waals surface area contributed by atoms with Crippen molar-refractivity contribution >= 4 is 43.9 Å². The minimum atomic E-state index is -0.538. The summed E-state index contributed by atoms with van der Waals surface area (Å²) < 4.78 is 12.6. The molecule has 0 aliphatic heterocycles. The van der Waals surface area contributed by atoms with Crippen molar-refractivity contribution in [3.8, 4) is 56.4 Å². The van der Waals surface area contributed by atoms with Crippen LogP contribution < -0.4 is 0 Å². The van der Waals surface area contributed by atoms with Crippen LogP contribution in [0.5, 0.6) is 0 Å². The Morgan fingerprint density at radius 3 is 1.40 bits per heavy atom. The summed E-state index contributed by atoms with van der Waals surface area (Å²) in [5.74, 6) is 1.81. The molecule has 0 radical (unpaired) electrons. The van der Waals surface area contributed by atoms with Gasteiger partial charge in [0.15, 0.2) is 17.5 Å². The van der Waals surface area contributed by atoms with E-state index in [9.17, 15) is 0 Å². The molecule has 0 saturated heterocycles. The van der Waals surface area contributed by atoms with Gasteiger partial charge < -0.3 is 8.83 Å². The third-order valence-corrected chi connectivity index (χ3v) is 12.9. The SMILES string of the molecule is c1ccc(-c2nc(-c3ccc(-c4ccc(C5(c6ccc7oc8ccccc8c7c6)c6ccccc6-c6ccccc65)cc4)cc3)nc(-c3ccc4c(c3)oc3ccccc34)n2)cc1. The zero-order valence-corrected chi connectivity index (χ0v) is 33.9. The first-order chi connectivity index (χ1) is 31.2. The van der Waals surface area contributed by atoms with Crippen LogP contribution >= 0.6 is 0 Å². The van der Waals surface area contributed by atoms with Gasteiger partial charge in [-0.3, -0.25) is 0 Å². The van der Waals surface area contributed by atoms with E-state index in [1.807, 2.05) is 66.7 Å². The third kappa shape index (κ3) is 5.46. The summed E-state index contributed by atoms with van der Waals surface area (Å²) in [6.45, 7) is 0. The topological polar surface area (TPSA) is 65.0 Å². The van der Waals surface area contributed by atoms with E-state index in [2.05, 4.69) is 146 Å². The van der Waals surface area contributed by atoms with E-state index in [0.29, 0.717) is 17.5 Å². The van der Waals surface area contributed by atoms with Gasteiger partial charge in [-0.05, 0) is 80.9 Å². The van der Waals surface area contributed by atoms with Crippen LogP contribution in [-0.2, 0) is 5.41 Å². The van der Waals surface area contributed by atoms with Gasteiger partial charge in [-0.2, -0.15) is 0 Å². The lowest BCUT2D eigenvalue weighted by molar-refractivity contribution is 0.668. The van der Waals surface area contributed by atoms with Crippen molar-refractivity contribution in [2.45, 2.75) is 5.41 Å². The molecule has 3 heterocycles. The molecule has 294 valence electrons. The Balaban J connectivity index is 0.899. The van der Waals surface area contributed by atoms with Crippen molar-refractivity contribution in [1.82, 2.24) is 15.0 Å². The molecule has 0 unspecified atom stereocenters. The number of fused-ring (bicyclic) bond motifs is 9. The largest absolute Gasteiger partial charge is 0.456 e. The molecule has 3 aromatic heterocycles. The van der Waals surface area contributed by atoms with Crippen molar-refractivity contribution in [1.29, 1.82) is 0 Å². The first-order valence-electron chi connectivity index (χ1n) is 21.2. The highest BCUT2D eigenvalue weighted by atomic mass is 16.3. The quantitative estimate of drug-likeness (QED) is 0.167. The van der Waals surface area contributed by atoms with E-state index in [1.54, 1.807) is 0 Å². The average molecular weight is 806 g/mol. The molecule has 1 aliphatic carbocycles. The highest BCUT2D eigenvalue weighted by Crippen LogP contribution is 2.56. The Hall–Kier alpha value is -8.41. The van der Waals surface area contributed by atoms with Gasteiger partial charge in [0.2, 0.25) is 0 Å². The van der Waals surface area contributed by atoms with Gasteiger partial charge in [0.25, 0.3) is 0 Å². The van der Waals surface area contributed by atoms with E-state index < -0.39 is 5.41 Å². The molecule has 0 bridgehead atoms. The van der Waals surface area contributed by atoms with Crippen LogP contribution in [0.4, 0.5) is 0 Å². The second-order valence-corrected chi connectivity index (χ2v) is 16.3. The van der Waals surface area contributed by atoms with Crippen molar-refractivity contribution in [2.75, 3.05) is 0 Å². The molecule has 0 spiro atoms. The molecule has 0 amide bonds. The zero-order chi connectivity index (χ0) is 41.5. The number of hydrogen-bond donors (Lipinski definition) is 0. The smallest absolute Gasteiger partial charge is 0.164 e. The number of hydrogen-bond acceptors (Lipinski definition) is 5. The van der Waals surface area contributed by atoms with E-state index in [1.165, 1.54) is 33.4 Å². The Labute approximate surface area is 362 Å². The van der Waals surface area contributed by atoms with E-state index >= 15 is 0 Å². The van der Waals surface area contributed by atoms with Crippen LogP contribution in [-0.4, -0.2) is 15.0 Å². The first kappa shape index (κ1) is 35.4. The summed E-state index contributed by atoms with van der Waals surface area (Å²) >= 11 is 0. The average Bonchev–Trinajstić information content (AvgIpc) is 4.02. The minimum absolute atomic E-state index is 0.538. The van der Waals surface area contributed by atoms with Gasteiger partial charge in [-0.15, -0.1) is 0 Å². The normalized spacial score (nSPS) is 12.9. The summed E-state index contributed by atoms with van der Waals surface area (Å²) in [7, 11) is 0. The standard InChI is InChI=1S/C58H35N3O2/c1-2-12-38(13-3-1)55-59-56(61-57(60-55)40-28-32-47-45-16-6-10-20-51(45)63-54(47)34-40)39-24-22-36(23-25-39)37-26-29-41(30-27-37)58(49-18-8-4-14-43(49)44-15-5-9-19-50(44)58)42-31-33-53-48(35-42)46-17-7-11-21-52(46)62-53/h1-35H. The lowest BCUT2D eigenvalue weighted by Crippen LogP contribution is -2.28. The Bertz CT molecular complexity index is 3690. The van der Waals surface area contributed by atoms with E-state index in [4.69, 9.17) is 23.8 Å². The lowest BCUT2D eigenvalue weighted by Gasteiger charge is -2.34. The second kappa shape index (κ2) is 13.8. The van der Waals surface area contributed by atoms with Crippen LogP contribution in [0.2, 0.25) is 0 Å². The molecule has 0 N–H and O–H groups in total. The Kier molecular flexibility index (Phi) is 7.75. The van der Waals surface area contributed by atoms with Crippen LogP contribution in [0.1, 0.15) is 22.3 Å². The van der Waals surface area contributed by atoms with Crippen molar-refractivity contribution in [2.24, 2.45) is 0 Å². The molecular weight excluding hydrogens is 771 g/mol. The van der Waals surface area contributed by atoms with Crippen LogP contribution in [0, 0.1) is 0 Å². The second-order valence-electron chi connectivity index (χ2n) is 16.3. The van der Waals surface area contributed by atoms with Gasteiger partial charge in [0.05, 0.1) is 5.41 Å². The number of nitrogens with zero attached hydrogens (tertiary/aromatic N) is 3. The van der Waals surface area contributed by atoms with Crippen LogP contribution in [0.15, 0.2) is 221 Å². The highest BCUT2D eigenvalue weighted by molar-refractivity contribution is 6.06. The number of rotatable bonds is 6. The zero-order valence-electron chi connectivity index (χ0n) is 33.9. The molecular formula is C58H35N3O2. The summed E-state index contributed by atoms with van der Waals surface area (Å²) in [6, 6.07) is 74.8. The van der Waals surface area contributed by atoms with Crippen LogP contribution in [0.3, 0.4) is 0 Å². The predicted molar refractivity (Wildman–Crippen MR) is 253 cm³/mol. The van der Waals surface area contributed by atoms with Gasteiger partial charge in [0, 0.05) is 38.2 Å². The van der Waals surface area contributed by atoms with Crippen molar-refractivity contribution < 1.29 is 8.83 Å². The monoisotopic (exact) mass is 805 g/mol. The molecule has 13 rings (SSSR count). The molecule has 0 saturated carbocycles. The maximum atomic E-state index is 6.31. The summed E-state index contributed by atoms with van der Waals surface area (Å²) in [5, 5.41) is 4.39.